The van der Waals surface area contributed by atoms with Crippen molar-refractivity contribution in [1.29, 1.82) is 0 Å². The Morgan fingerprint density at radius 3 is 2.11 bits per heavy atom. The molecule has 0 aromatic rings. The predicted octanol–water partition coefficient (Wildman–Crippen LogP) is 8.75. The zero-order valence-electron chi connectivity index (χ0n) is 19.2. The topological polar surface area (TPSA) is 9.23 Å². The second kappa shape index (κ2) is 16.2. The molecule has 0 aliphatic carbocycles. The van der Waals surface area contributed by atoms with Crippen LogP contribution in [0.2, 0.25) is 18.1 Å². The van der Waals surface area contributed by atoms with Crippen LogP contribution in [0.3, 0.4) is 0 Å². The summed E-state index contributed by atoms with van der Waals surface area (Å²) >= 11 is 0. The Hall–Kier alpha value is -0.823. The van der Waals surface area contributed by atoms with Crippen molar-refractivity contribution >= 4 is 8.32 Å². The van der Waals surface area contributed by atoms with E-state index < -0.39 is 8.32 Å². The first kappa shape index (κ1) is 26.2. The average molecular weight is 391 g/mol. The molecule has 0 aliphatic heterocycles. The Morgan fingerprint density at radius 1 is 0.778 bits per heavy atom. The molecule has 0 spiro atoms. The monoisotopic (exact) mass is 390 g/mol. The van der Waals surface area contributed by atoms with Crippen LogP contribution in [0.1, 0.15) is 91.9 Å². The molecule has 0 rings (SSSR count). The summed E-state index contributed by atoms with van der Waals surface area (Å²) in [6.07, 6.45) is 25.8. The van der Waals surface area contributed by atoms with Crippen molar-refractivity contribution in [3.05, 3.63) is 42.2 Å². The highest BCUT2D eigenvalue weighted by Crippen LogP contribution is 2.36. The molecule has 156 valence electrons. The Morgan fingerprint density at radius 2 is 1.41 bits per heavy atom. The van der Waals surface area contributed by atoms with Crippen LogP contribution in [0.5, 0.6) is 0 Å². The Bertz CT molecular complexity index is 459. The zero-order chi connectivity index (χ0) is 20.4. The zero-order valence-corrected chi connectivity index (χ0v) is 20.2. The normalized spacial score (nSPS) is 12.7. The molecule has 0 amide bonds. The highest BCUT2D eigenvalue weighted by molar-refractivity contribution is 6.74. The highest BCUT2D eigenvalue weighted by Gasteiger charge is 2.36. The Kier molecular flexibility index (Phi) is 15.7. The van der Waals surface area contributed by atoms with E-state index in [9.17, 15) is 0 Å². The van der Waals surface area contributed by atoms with Crippen LogP contribution in [0.4, 0.5) is 0 Å². The second-order valence-electron chi connectivity index (χ2n) is 8.94. The van der Waals surface area contributed by atoms with Crippen LogP contribution in [-0.4, -0.2) is 14.9 Å². The lowest BCUT2D eigenvalue weighted by Gasteiger charge is -2.36. The smallest absolute Gasteiger partial charge is 0.191 e. The molecule has 0 saturated heterocycles. The largest absolute Gasteiger partial charge is 0.416 e. The molecule has 0 aromatic carbocycles. The van der Waals surface area contributed by atoms with Gasteiger partial charge < -0.3 is 4.43 Å². The quantitative estimate of drug-likeness (QED) is 0.117. The van der Waals surface area contributed by atoms with E-state index in [1.807, 2.05) is 0 Å². The van der Waals surface area contributed by atoms with E-state index in [0.717, 1.165) is 25.9 Å². The van der Waals surface area contributed by atoms with Gasteiger partial charge in [-0.15, -0.1) is 5.73 Å². The van der Waals surface area contributed by atoms with Crippen LogP contribution >= 0.6 is 0 Å². The summed E-state index contributed by atoms with van der Waals surface area (Å²) in [7, 11) is -1.59. The van der Waals surface area contributed by atoms with Gasteiger partial charge in [0.1, 0.15) is 0 Å². The van der Waals surface area contributed by atoms with Crippen LogP contribution in [-0.2, 0) is 4.43 Å². The van der Waals surface area contributed by atoms with Gasteiger partial charge in [-0.1, -0.05) is 84.1 Å². The lowest BCUT2D eigenvalue weighted by molar-refractivity contribution is 0.294. The highest BCUT2D eigenvalue weighted by atomic mass is 28.4. The molecular formula is C25H46OSi. The molecule has 0 radical (unpaired) electrons. The first-order valence-electron chi connectivity index (χ1n) is 11.1. The SMILES string of the molecule is CCCCCCCC/C=C\C/C=C\CC=C=CCCO[Si](C)(C)C(C)(C)C. The molecular weight excluding hydrogens is 344 g/mol. The minimum Gasteiger partial charge on any atom is -0.416 e. The standard InChI is InChI=1S/C25H46OSi/c1-7-8-9-10-11-12-13-14-15-16-17-18-19-20-21-22-23-24-26-27(5,6)25(2,3)4/h14-15,17-18,20,22H,7-13,16,19,23-24H2,1-6H3/b15-14-,18-17-. The second-order valence-corrected chi connectivity index (χ2v) is 13.8. The van der Waals surface area contributed by atoms with E-state index >= 15 is 0 Å². The Labute approximate surface area is 171 Å². The third-order valence-electron chi connectivity index (χ3n) is 5.35. The van der Waals surface area contributed by atoms with Gasteiger partial charge in [0.15, 0.2) is 8.32 Å². The van der Waals surface area contributed by atoms with Crippen molar-refractivity contribution in [2.75, 3.05) is 6.61 Å². The number of hydrogen-bond donors (Lipinski definition) is 0. The number of rotatable bonds is 15. The fourth-order valence-corrected chi connectivity index (χ4v) is 3.48. The summed E-state index contributed by atoms with van der Waals surface area (Å²) in [4.78, 5) is 0. The molecule has 0 atom stereocenters. The van der Waals surface area contributed by atoms with Crippen LogP contribution in [0.15, 0.2) is 42.2 Å². The van der Waals surface area contributed by atoms with E-state index in [-0.39, 0.29) is 0 Å². The van der Waals surface area contributed by atoms with Gasteiger partial charge in [-0.05, 0) is 62.4 Å². The molecule has 0 N–H and O–H groups in total. The summed E-state index contributed by atoms with van der Waals surface area (Å²) in [6, 6.07) is 0. The lowest BCUT2D eigenvalue weighted by Crippen LogP contribution is -2.40. The molecule has 0 aromatic heterocycles. The molecule has 0 unspecified atom stereocenters. The van der Waals surface area contributed by atoms with Gasteiger partial charge in [0.25, 0.3) is 0 Å². The van der Waals surface area contributed by atoms with E-state index in [4.69, 9.17) is 4.43 Å². The van der Waals surface area contributed by atoms with Crippen molar-refractivity contribution in [2.45, 2.75) is 110 Å². The van der Waals surface area contributed by atoms with Gasteiger partial charge >= 0.3 is 0 Å². The van der Waals surface area contributed by atoms with Gasteiger partial charge in [0, 0.05) is 6.61 Å². The predicted molar refractivity (Wildman–Crippen MR) is 126 cm³/mol. The molecule has 0 heterocycles. The van der Waals surface area contributed by atoms with Crippen LogP contribution < -0.4 is 0 Å². The lowest BCUT2D eigenvalue weighted by atomic mass is 10.1. The minimum absolute atomic E-state index is 0.292. The number of hydrogen-bond acceptors (Lipinski definition) is 1. The molecule has 0 saturated carbocycles. The van der Waals surface area contributed by atoms with Gasteiger partial charge in [-0.3, -0.25) is 0 Å². The molecule has 0 bridgehead atoms. The fraction of sp³-hybridized carbons (Fsp3) is 0.720. The first-order valence-corrected chi connectivity index (χ1v) is 14.1. The third-order valence-corrected chi connectivity index (χ3v) is 9.89. The van der Waals surface area contributed by atoms with Crippen LogP contribution in [0, 0.1) is 0 Å². The van der Waals surface area contributed by atoms with Crippen molar-refractivity contribution < 1.29 is 4.43 Å². The maximum Gasteiger partial charge on any atom is 0.191 e. The third kappa shape index (κ3) is 15.9. The van der Waals surface area contributed by atoms with Crippen LogP contribution in [0.25, 0.3) is 0 Å². The van der Waals surface area contributed by atoms with Gasteiger partial charge in [0.2, 0.25) is 0 Å². The molecule has 2 heteroatoms. The minimum atomic E-state index is -1.59. The molecule has 1 nitrogen and oxygen atoms in total. The number of unbranched alkanes of at least 4 members (excludes halogenated alkanes) is 6. The maximum atomic E-state index is 6.15. The summed E-state index contributed by atoms with van der Waals surface area (Å²) in [5.74, 6) is 0. The Balaban J connectivity index is 3.64. The fourth-order valence-electron chi connectivity index (χ4n) is 2.42. The summed E-state index contributed by atoms with van der Waals surface area (Å²) in [5.41, 5.74) is 3.27. The molecule has 0 aliphatic rings. The van der Waals surface area contributed by atoms with E-state index in [1.165, 1.54) is 44.9 Å². The van der Waals surface area contributed by atoms with E-state index in [0.29, 0.717) is 5.04 Å². The van der Waals surface area contributed by atoms with Crippen molar-refractivity contribution in [3.8, 4) is 0 Å². The molecule has 0 fully saturated rings. The molecule has 27 heavy (non-hydrogen) atoms. The van der Waals surface area contributed by atoms with Crippen molar-refractivity contribution in [2.24, 2.45) is 0 Å². The first-order chi connectivity index (χ1) is 12.8. The van der Waals surface area contributed by atoms with Crippen molar-refractivity contribution in [1.82, 2.24) is 0 Å². The van der Waals surface area contributed by atoms with Crippen molar-refractivity contribution in [3.63, 3.8) is 0 Å². The van der Waals surface area contributed by atoms with Gasteiger partial charge in [0.05, 0.1) is 0 Å². The van der Waals surface area contributed by atoms with Gasteiger partial charge in [-0.25, -0.2) is 0 Å². The summed E-state index contributed by atoms with van der Waals surface area (Å²) in [5, 5.41) is 0.292. The summed E-state index contributed by atoms with van der Waals surface area (Å²) in [6.45, 7) is 14.5. The summed E-state index contributed by atoms with van der Waals surface area (Å²) < 4.78 is 6.15. The van der Waals surface area contributed by atoms with E-state index in [1.54, 1.807) is 0 Å². The van der Waals surface area contributed by atoms with E-state index in [2.05, 4.69) is 83.0 Å². The average Bonchev–Trinajstić information content (AvgIpc) is 2.59. The maximum absolute atomic E-state index is 6.15. The van der Waals surface area contributed by atoms with Gasteiger partial charge in [-0.2, -0.15) is 0 Å². The number of allylic oxidation sites excluding steroid dienone is 4.